The summed E-state index contributed by atoms with van der Waals surface area (Å²) in [7, 11) is 3.16. The van der Waals surface area contributed by atoms with Gasteiger partial charge in [-0.3, -0.25) is 19.4 Å². The Labute approximate surface area is 366 Å². The molecule has 6 rings (SSSR count). The van der Waals surface area contributed by atoms with Crippen molar-refractivity contribution in [3.8, 4) is 0 Å². The van der Waals surface area contributed by atoms with Crippen molar-refractivity contribution in [3.63, 3.8) is 0 Å². The highest BCUT2D eigenvalue weighted by Crippen LogP contribution is 2.32. The second-order valence-corrected chi connectivity index (χ2v) is 18.1. The average Bonchev–Trinajstić information content (AvgIpc) is 3.61. The Morgan fingerprint density at radius 3 is 2.50 bits per heavy atom. The summed E-state index contributed by atoms with van der Waals surface area (Å²) in [5, 5.41) is 12.9. The topological polar surface area (TPSA) is 263 Å². The van der Waals surface area contributed by atoms with Gasteiger partial charge in [0, 0.05) is 72.6 Å². The molecule has 9 N–H and O–H groups in total. The summed E-state index contributed by atoms with van der Waals surface area (Å²) in [5.74, 6) is 2.34. The van der Waals surface area contributed by atoms with Gasteiger partial charge in [-0.05, 0) is 43.2 Å². The molecule has 0 aliphatic rings. The predicted molar refractivity (Wildman–Crippen MR) is 247 cm³/mol. The number of carbonyl (C=O) groups excluding carboxylic acids is 3. The third-order valence-corrected chi connectivity index (χ3v) is 12.1. The molecule has 0 saturated carbocycles. The van der Waals surface area contributed by atoms with Gasteiger partial charge in [0.25, 0.3) is 11.5 Å². The highest BCUT2D eigenvalue weighted by molar-refractivity contribution is 8.76. The highest BCUT2D eigenvalue weighted by atomic mass is 33.1. The Kier molecular flexibility index (Phi) is 15.8. The average molecular weight is 884 g/mol. The summed E-state index contributed by atoms with van der Waals surface area (Å²) < 4.78 is 7.68. The number of aromatic nitrogens is 7. The van der Waals surface area contributed by atoms with Crippen LogP contribution in [0.5, 0.6) is 0 Å². The zero-order valence-corrected chi connectivity index (χ0v) is 36.7. The number of anilines is 3. The van der Waals surface area contributed by atoms with Crippen LogP contribution in [0, 0.1) is 5.41 Å². The number of fused-ring (bicyclic) bond motifs is 4. The number of alkyl carbamates (subject to hydrolysis) is 1. The smallest absolute Gasteiger partial charge is 0.407 e. The van der Waals surface area contributed by atoms with Gasteiger partial charge in [-0.2, -0.15) is 4.98 Å². The summed E-state index contributed by atoms with van der Waals surface area (Å²) in [5.41, 5.74) is 15.7. The van der Waals surface area contributed by atoms with Gasteiger partial charge in [0.1, 0.15) is 17.9 Å². The molecule has 0 bridgehead atoms. The number of ether oxygens (including phenoxy) is 1. The van der Waals surface area contributed by atoms with Crippen LogP contribution in [0.15, 0.2) is 59.5 Å². The van der Waals surface area contributed by atoms with Crippen LogP contribution in [0.4, 0.5) is 22.2 Å². The first-order valence-corrected chi connectivity index (χ1v) is 23.0. The van der Waals surface area contributed by atoms with Gasteiger partial charge in [-0.15, -0.1) is 0 Å². The van der Waals surface area contributed by atoms with Crippen LogP contribution in [-0.4, -0.2) is 90.1 Å². The Morgan fingerprint density at radius 2 is 1.69 bits per heavy atom. The normalized spacial score (nSPS) is 11.5. The van der Waals surface area contributed by atoms with Crippen LogP contribution in [0.1, 0.15) is 68.3 Å². The number of para-hydroxylation sites is 1. The van der Waals surface area contributed by atoms with Crippen molar-refractivity contribution in [1.29, 1.82) is 0 Å². The first-order chi connectivity index (χ1) is 29.9. The molecule has 6 aromatic rings. The Morgan fingerprint density at radius 1 is 0.903 bits per heavy atom. The van der Waals surface area contributed by atoms with Crippen LogP contribution in [0.25, 0.3) is 33.1 Å². The van der Waals surface area contributed by atoms with E-state index in [1.807, 2.05) is 24.3 Å². The van der Waals surface area contributed by atoms with E-state index in [0.717, 1.165) is 47.2 Å². The molecule has 0 saturated heterocycles. The SMILES string of the molecule is CCCCc1nc2c(N)nc3ccccc3c2n1CC(C)(C)CNC(=O)OCCSSCCNC(=O)CCCNC(=O)c1ccc(NCc2cnc3nc(N)[nH]c(=O)c3n2)cc1. The number of aryl methyl sites for hydroxylation is 1. The minimum Gasteiger partial charge on any atom is -0.449 e. The number of benzene rings is 2. The minimum atomic E-state index is -0.463. The summed E-state index contributed by atoms with van der Waals surface area (Å²) in [6.07, 6.45) is 4.70. The number of amides is 3. The van der Waals surface area contributed by atoms with Gasteiger partial charge in [-0.25, -0.2) is 24.7 Å². The van der Waals surface area contributed by atoms with E-state index in [2.05, 4.69) is 71.5 Å². The fourth-order valence-electron chi connectivity index (χ4n) is 6.60. The number of carbonyl (C=O) groups is 3. The molecule has 4 heterocycles. The molecule has 0 aliphatic heterocycles. The number of nitrogen functional groups attached to an aromatic ring is 2. The van der Waals surface area contributed by atoms with Crippen molar-refractivity contribution in [1.82, 2.24) is 50.4 Å². The fourth-order valence-corrected chi connectivity index (χ4v) is 8.33. The van der Waals surface area contributed by atoms with Crippen molar-refractivity contribution >= 4 is 90.0 Å². The number of hydrogen-bond acceptors (Lipinski definition) is 15. The number of aromatic amines is 1. The first-order valence-electron chi connectivity index (χ1n) is 20.5. The number of nitrogens with one attached hydrogen (secondary N) is 5. The van der Waals surface area contributed by atoms with Crippen LogP contribution in [0.2, 0.25) is 0 Å². The van der Waals surface area contributed by atoms with E-state index in [4.69, 9.17) is 21.2 Å². The fraction of sp³-hybridized carbons (Fsp3) is 0.405. The van der Waals surface area contributed by atoms with Crippen LogP contribution >= 0.6 is 21.6 Å². The quantitative estimate of drug-likeness (QED) is 0.0342. The maximum Gasteiger partial charge on any atom is 0.407 e. The summed E-state index contributed by atoms with van der Waals surface area (Å²) in [6, 6.07) is 14.9. The summed E-state index contributed by atoms with van der Waals surface area (Å²) >= 11 is 0. The van der Waals surface area contributed by atoms with Crippen molar-refractivity contribution in [3.05, 3.63) is 82.2 Å². The zero-order chi connectivity index (χ0) is 44.1. The molecule has 18 nitrogen and oxygen atoms in total. The molecule has 20 heteroatoms. The predicted octanol–water partition coefficient (Wildman–Crippen LogP) is 5.19. The van der Waals surface area contributed by atoms with E-state index in [0.29, 0.717) is 73.2 Å². The van der Waals surface area contributed by atoms with Gasteiger partial charge in [-0.1, -0.05) is 67.0 Å². The maximum atomic E-state index is 12.6. The lowest BCUT2D eigenvalue weighted by molar-refractivity contribution is -0.121. The second-order valence-electron chi connectivity index (χ2n) is 15.4. The lowest BCUT2D eigenvalue weighted by Gasteiger charge is -2.27. The third kappa shape index (κ3) is 12.5. The third-order valence-electron chi connectivity index (χ3n) is 9.70. The molecule has 2 aromatic carbocycles. The zero-order valence-electron chi connectivity index (χ0n) is 35.1. The van der Waals surface area contributed by atoms with Gasteiger partial charge in [0.15, 0.2) is 17.0 Å². The minimum absolute atomic E-state index is 0.0250. The molecule has 328 valence electrons. The molecule has 0 unspecified atom stereocenters. The molecule has 0 atom stereocenters. The largest absolute Gasteiger partial charge is 0.449 e. The van der Waals surface area contributed by atoms with E-state index in [9.17, 15) is 19.2 Å². The number of hydrogen-bond donors (Lipinski definition) is 7. The second kappa shape index (κ2) is 21.6. The molecule has 4 aromatic heterocycles. The lowest BCUT2D eigenvalue weighted by Crippen LogP contribution is -2.37. The van der Waals surface area contributed by atoms with Crippen LogP contribution < -0.4 is 38.3 Å². The lowest BCUT2D eigenvalue weighted by atomic mass is 9.93. The molecule has 0 fully saturated rings. The molecule has 0 aliphatic carbocycles. The van der Waals surface area contributed by atoms with Crippen molar-refractivity contribution in [2.24, 2.45) is 5.41 Å². The number of nitrogens with zero attached hydrogens (tertiary/aromatic N) is 6. The molecule has 62 heavy (non-hydrogen) atoms. The van der Waals surface area contributed by atoms with E-state index < -0.39 is 11.7 Å². The van der Waals surface area contributed by atoms with E-state index in [1.54, 1.807) is 45.9 Å². The maximum absolute atomic E-state index is 12.6. The van der Waals surface area contributed by atoms with E-state index in [1.165, 1.54) is 6.20 Å². The van der Waals surface area contributed by atoms with Gasteiger partial charge in [0.05, 0.1) is 29.5 Å². The molecule has 0 spiro atoms. The molecular formula is C42H53N13O5S2. The van der Waals surface area contributed by atoms with Gasteiger partial charge in [0.2, 0.25) is 11.9 Å². The number of pyridine rings is 1. The molecular weight excluding hydrogens is 831 g/mol. The van der Waals surface area contributed by atoms with Crippen molar-refractivity contribution < 1.29 is 19.1 Å². The van der Waals surface area contributed by atoms with E-state index in [-0.39, 0.29) is 47.4 Å². The number of nitrogens with two attached hydrogens (primary N) is 2. The molecule has 0 radical (unpaired) electrons. The van der Waals surface area contributed by atoms with Crippen LogP contribution in [0.3, 0.4) is 0 Å². The van der Waals surface area contributed by atoms with E-state index >= 15 is 0 Å². The Balaban J connectivity index is 0.804. The first kappa shape index (κ1) is 45.4. The standard InChI is InChI=1S/C42H53N13O5S2/c1-4-5-11-31-52-33-35(29-9-6-7-10-30(29)51-36(33)43)55(31)25-42(2,3)24-49-41(59)60-19-21-62-61-20-18-45-32(56)12-8-17-46-38(57)26-13-15-27(16-14-26)47-22-28-23-48-37-34(50-28)39(58)54-40(44)53-37/h6-7,9-10,13-16,23,47H,4-5,8,11-12,17-22,24-25H2,1-3H3,(H2,43,51)(H,45,56)(H,46,57)(H,49,59)(H3,44,48,53,54,58). The summed E-state index contributed by atoms with van der Waals surface area (Å²) in [6.45, 7) is 8.82. The number of H-pyrrole nitrogens is 1. The number of rotatable bonds is 22. The van der Waals surface area contributed by atoms with Crippen molar-refractivity contribution in [2.75, 3.05) is 54.5 Å². The Bertz CT molecular complexity index is 2570. The number of imidazole rings is 1. The highest BCUT2D eigenvalue weighted by Gasteiger charge is 2.25. The summed E-state index contributed by atoms with van der Waals surface area (Å²) in [4.78, 5) is 74.0. The van der Waals surface area contributed by atoms with Crippen LogP contribution in [-0.2, 0) is 29.0 Å². The monoisotopic (exact) mass is 883 g/mol. The Hall–Kier alpha value is -6.15. The van der Waals surface area contributed by atoms with Crippen molar-refractivity contribution in [2.45, 2.75) is 66.0 Å². The molecule has 3 amide bonds. The van der Waals surface area contributed by atoms with Gasteiger partial charge >= 0.3 is 6.09 Å². The van der Waals surface area contributed by atoms with Gasteiger partial charge < -0.3 is 42.0 Å². The number of unbranched alkanes of at least 4 members (excludes halogenated alkanes) is 1.